The minimum atomic E-state index is -2.21. The van der Waals surface area contributed by atoms with E-state index in [0.29, 0.717) is 0 Å². The summed E-state index contributed by atoms with van der Waals surface area (Å²) < 4.78 is 27.5. The normalized spacial score (nSPS) is 39.8. The van der Waals surface area contributed by atoms with Crippen LogP contribution in [0.4, 0.5) is 0 Å². The average Bonchev–Trinajstić information content (AvgIpc) is 2.94. The molecule has 1 aliphatic heterocycles. The number of carbonyl (C=O) groups excluding carboxylic acids is 4. The monoisotopic (exact) mass is 470 g/mol. The molecule has 0 aromatic rings. The van der Waals surface area contributed by atoms with Crippen molar-refractivity contribution in [3.05, 3.63) is 11.1 Å². The molecular formula is C22H30O11. The Morgan fingerprint density at radius 2 is 1.64 bits per heavy atom. The zero-order chi connectivity index (χ0) is 25.0. The topological polar surface area (TPSA) is 155 Å². The van der Waals surface area contributed by atoms with Gasteiger partial charge in [-0.2, -0.15) is 0 Å². The average molecular weight is 470 g/mol. The number of rotatable bonds is 5. The van der Waals surface area contributed by atoms with E-state index in [-0.39, 0.29) is 37.0 Å². The third kappa shape index (κ3) is 3.62. The summed E-state index contributed by atoms with van der Waals surface area (Å²) in [5.41, 5.74) is -7.90. The SMILES string of the molecule is COCC1=C2[C@@H](OC(C)=O)C[C@@](C)(OC(C)=O)[C@@]3(O)CC[C@@](C)(O)[C@H](OC(C)=O)[C@@]23OC1=O. The van der Waals surface area contributed by atoms with Crippen LogP contribution in [0.1, 0.15) is 53.9 Å². The van der Waals surface area contributed by atoms with Gasteiger partial charge in [0.25, 0.3) is 0 Å². The molecule has 2 N–H and O–H groups in total. The molecule has 2 aliphatic carbocycles. The van der Waals surface area contributed by atoms with E-state index in [2.05, 4.69) is 0 Å². The predicted molar refractivity (Wildman–Crippen MR) is 108 cm³/mol. The first kappa shape index (κ1) is 25.1. The molecule has 11 heteroatoms. The van der Waals surface area contributed by atoms with Gasteiger partial charge in [0.15, 0.2) is 11.7 Å². The van der Waals surface area contributed by atoms with E-state index in [9.17, 15) is 29.4 Å². The lowest BCUT2D eigenvalue weighted by molar-refractivity contribution is -0.324. The highest BCUT2D eigenvalue weighted by atomic mass is 16.6. The van der Waals surface area contributed by atoms with Crippen molar-refractivity contribution in [2.45, 2.75) is 88.5 Å². The number of ether oxygens (including phenoxy) is 5. The zero-order valence-corrected chi connectivity index (χ0v) is 19.6. The highest BCUT2D eigenvalue weighted by Crippen LogP contribution is 2.63. The van der Waals surface area contributed by atoms with Gasteiger partial charge >= 0.3 is 23.9 Å². The van der Waals surface area contributed by atoms with Crippen molar-refractivity contribution in [3.63, 3.8) is 0 Å². The van der Waals surface area contributed by atoms with Crippen LogP contribution in [0.25, 0.3) is 0 Å². The number of carbonyl (C=O) groups is 4. The Bertz CT molecular complexity index is 921. The molecule has 2 saturated carbocycles. The maximum Gasteiger partial charge on any atom is 0.337 e. The van der Waals surface area contributed by atoms with Crippen LogP contribution in [0.15, 0.2) is 11.1 Å². The van der Waals surface area contributed by atoms with Gasteiger partial charge in [-0.15, -0.1) is 0 Å². The first-order valence-corrected chi connectivity index (χ1v) is 10.6. The smallest absolute Gasteiger partial charge is 0.337 e. The van der Waals surface area contributed by atoms with E-state index in [4.69, 9.17) is 23.7 Å². The van der Waals surface area contributed by atoms with Gasteiger partial charge in [-0.05, 0) is 26.7 Å². The van der Waals surface area contributed by atoms with Crippen LogP contribution >= 0.6 is 0 Å². The standard InChI is InChI=1S/C22H30O11/c1-11(23)30-15-9-20(5,32-13(3)25)21(28)8-7-19(4,27)18(31-12(2)24)22(21)16(15)14(10-29-6)17(26)33-22/h15,18,27-28H,7-10H2,1-6H3/t15-,18-,19+,20+,21-,22-/m0/s1. The summed E-state index contributed by atoms with van der Waals surface area (Å²) in [5.74, 6) is -3.15. The zero-order valence-electron chi connectivity index (χ0n) is 19.6. The fourth-order valence-corrected chi connectivity index (χ4v) is 5.62. The molecule has 3 aliphatic rings. The summed E-state index contributed by atoms with van der Waals surface area (Å²) in [6.45, 7) is 5.96. The van der Waals surface area contributed by atoms with Crippen molar-refractivity contribution in [3.8, 4) is 0 Å². The molecule has 2 fully saturated rings. The molecule has 0 unspecified atom stereocenters. The second kappa shape index (κ2) is 8.07. The van der Waals surface area contributed by atoms with Gasteiger partial charge < -0.3 is 33.9 Å². The number of hydrogen-bond donors (Lipinski definition) is 2. The Hall–Kier alpha value is -2.50. The number of hydrogen-bond acceptors (Lipinski definition) is 11. The molecule has 0 amide bonds. The molecular weight excluding hydrogens is 440 g/mol. The van der Waals surface area contributed by atoms with Gasteiger partial charge in [0.1, 0.15) is 17.3 Å². The van der Waals surface area contributed by atoms with Crippen LogP contribution in [-0.2, 0) is 42.9 Å². The van der Waals surface area contributed by atoms with Crippen LogP contribution in [0, 0.1) is 0 Å². The van der Waals surface area contributed by atoms with Crippen LogP contribution in [-0.4, -0.2) is 82.4 Å². The molecule has 0 saturated heterocycles. The Morgan fingerprint density at radius 3 is 2.15 bits per heavy atom. The Kier molecular flexibility index (Phi) is 6.14. The number of methoxy groups -OCH3 is 1. The van der Waals surface area contributed by atoms with Gasteiger partial charge in [-0.1, -0.05) is 0 Å². The van der Waals surface area contributed by atoms with E-state index in [0.717, 1.165) is 20.8 Å². The van der Waals surface area contributed by atoms with Crippen LogP contribution < -0.4 is 0 Å². The van der Waals surface area contributed by atoms with E-state index in [1.165, 1.54) is 21.0 Å². The lowest BCUT2D eigenvalue weighted by Gasteiger charge is -2.63. The van der Waals surface area contributed by atoms with Crippen molar-refractivity contribution < 1.29 is 53.1 Å². The summed E-state index contributed by atoms with van der Waals surface area (Å²) in [7, 11) is 1.34. The molecule has 11 nitrogen and oxygen atoms in total. The number of aliphatic hydroxyl groups is 2. The van der Waals surface area contributed by atoms with Gasteiger partial charge in [0.2, 0.25) is 5.60 Å². The molecule has 184 valence electrons. The largest absolute Gasteiger partial charge is 0.458 e. The third-order valence-corrected chi connectivity index (χ3v) is 6.79. The first-order valence-electron chi connectivity index (χ1n) is 10.6. The van der Waals surface area contributed by atoms with Crippen molar-refractivity contribution in [2.75, 3.05) is 13.7 Å². The highest BCUT2D eigenvalue weighted by molar-refractivity contribution is 5.95. The second-order valence-corrected chi connectivity index (χ2v) is 9.28. The Morgan fingerprint density at radius 1 is 1.03 bits per heavy atom. The van der Waals surface area contributed by atoms with E-state index >= 15 is 0 Å². The van der Waals surface area contributed by atoms with Gasteiger partial charge in [0.05, 0.1) is 12.2 Å². The van der Waals surface area contributed by atoms with Gasteiger partial charge in [-0.25, -0.2) is 4.79 Å². The van der Waals surface area contributed by atoms with Gasteiger partial charge in [-0.3, -0.25) is 14.4 Å². The molecule has 1 spiro atoms. The summed E-state index contributed by atoms with van der Waals surface area (Å²) in [6.07, 6.45) is -3.30. The maximum atomic E-state index is 13.1. The fraction of sp³-hybridized carbons (Fsp3) is 0.727. The third-order valence-electron chi connectivity index (χ3n) is 6.79. The molecule has 1 heterocycles. The lowest BCUT2D eigenvalue weighted by atomic mass is 9.51. The van der Waals surface area contributed by atoms with Crippen LogP contribution in [0.3, 0.4) is 0 Å². The second-order valence-electron chi connectivity index (χ2n) is 9.28. The van der Waals surface area contributed by atoms with Crippen molar-refractivity contribution in [1.82, 2.24) is 0 Å². The molecule has 0 bridgehead atoms. The first-order chi connectivity index (χ1) is 15.1. The minimum Gasteiger partial charge on any atom is -0.458 e. The molecule has 3 rings (SSSR count). The quantitative estimate of drug-likeness (QED) is 0.415. The number of esters is 4. The van der Waals surface area contributed by atoms with Crippen molar-refractivity contribution in [2.24, 2.45) is 0 Å². The minimum absolute atomic E-state index is 0.0166. The van der Waals surface area contributed by atoms with E-state index < -0.39 is 58.5 Å². The van der Waals surface area contributed by atoms with Crippen molar-refractivity contribution in [1.29, 1.82) is 0 Å². The highest BCUT2D eigenvalue weighted by Gasteiger charge is 2.81. The molecule has 0 aromatic heterocycles. The summed E-state index contributed by atoms with van der Waals surface area (Å²) in [6, 6.07) is 0. The fourth-order valence-electron chi connectivity index (χ4n) is 5.62. The summed E-state index contributed by atoms with van der Waals surface area (Å²) in [4.78, 5) is 49.2. The molecule has 0 aromatic carbocycles. The van der Waals surface area contributed by atoms with E-state index in [1.807, 2.05) is 0 Å². The Labute approximate surface area is 190 Å². The summed E-state index contributed by atoms with van der Waals surface area (Å²) in [5, 5.41) is 23.5. The van der Waals surface area contributed by atoms with Gasteiger partial charge in [0, 0.05) is 39.9 Å². The molecule has 6 atom stereocenters. The van der Waals surface area contributed by atoms with E-state index in [1.54, 1.807) is 0 Å². The van der Waals surface area contributed by atoms with Crippen LogP contribution in [0.2, 0.25) is 0 Å². The molecule has 33 heavy (non-hydrogen) atoms. The lowest BCUT2D eigenvalue weighted by Crippen LogP contribution is -2.82. The maximum absolute atomic E-state index is 13.1. The molecule has 0 radical (unpaired) electrons. The summed E-state index contributed by atoms with van der Waals surface area (Å²) >= 11 is 0. The Balaban J connectivity index is 2.41. The van der Waals surface area contributed by atoms with Crippen molar-refractivity contribution >= 4 is 23.9 Å². The van der Waals surface area contributed by atoms with Crippen LogP contribution in [0.5, 0.6) is 0 Å². The predicted octanol–water partition coefficient (Wildman–Crippen LogP) is 0.0898.